The van der Waals surface area contributed by atoms with Crippen molar-refractivity contribution in [2.45, 2.75) is 63.1 Å². The monoisotopic (exact) mass is 277 g/mol. The lowest BCUT2D eigenvalue weighted by Crippen LogP contribution is -2.57. The Morgan fingerprint density at radius 1 is 1.40 bits per heavy atom. The van der Waals surface area contributed by atoms with Gasteiger partial charge in [-0.25, -0.2) is 0 Å². The maximum Gasteiger partial charge on any atom is 0.241 e. The third-order valence-electron chi connectivity index (χ3n) is 5.60. The van der Waals surface area contributed by atoms with Crippen molar-refractivity contribution in [3.8, 4) is 6.07 Å². The van der Waals surface area contributed by atoms with Crippen LogP contribution in [0.3, 0.4) is 0 Å². The molecule has 1 heterocycles. The van der Waals surface area contributed by atoms with Crippen LogP contribution in [0.25, 0.3) is 0 Å². The van der Waals surface area contributed by atoms with Crippen LogP contribution in [0.5, 0.6) is 0 Å². The van der Waals surface area contributed by atoms with E-state index in [9.17, 15) is 15.2 Å². The zero-order valence-electron chi connectivity index (χ0n) is 11.8. The summed E-state index contributed by atoms with van der Waals surface area (Å²) in [6.45, 7) is -0.0287. The summed E-state index contributed by atoms with van der Waals surface area (Å²) in [7, 11) is 0. The van der Waals surface area contributed by atoms with Gasteiger partial charge >= 0.3 is 0 Å². The Morgan fingerprint density at radius 2 is 2.10 bits per heavy atom. The Kier molecular flexibility index (Phi) is 3.47. The number of hydrogen-bond acceptors (Lipinski definition) is 4. The highest BCUT2D eigenvalue weighted by Gasteiger charge is 2.56. The van der Waals surface area contributed by atoms with Crippen molar-refractivity contribution >= 4 is 5.91 Å². The first-order valence-electron chi connectivity index (χ1n) is 7.71. The van der Waals surface area contributed by atoms with E-state index in [1.54, 1.807) is 4.90 Å². The number of rotatable bonds is 3. The minimum Gasteiger partial charge on any atom is -0.396 e. The van der Waals surface area contributed by atoms with Gasteiger partial charge < -0.3 is 15.7 Å². The van der Waals surface area contributed by atoms with Gasteiger partial charge in [-0.3, -0.25) is 4.79 Å². The molecule has 2 aliphatic carbocycles. The second kappa shape index (κ2) is 5.01. The van der Waals surface area contributed by atoms with Gasteiger partial charge in [0, 0.05) is 11.5 Å². The molecule has 110 valence electrons. The van der Waals surface area contributed by atoms with E-state index in [1.165, 1.54) is 0 Å². The molecule has 3 rings (SSSR count). The molecule has 0 aromatic rings. The highest BCUT2D eigenvalue weighted by molar-refractivity contribution is 5.84. The van der Waals surface area contributed by atoms with E-state index in [-0.39, 0.29) is 24.6 Å². The van der Waals surface area contributed by atoms with Crippen LogP contribution in [0.1, 0.15) is 44.9 Å². The average molecular weight is 277 g/mol. The first kappa shape index (κ1) is 13.8. The zero-order valence-corrected chi connectivity index (χ0v) is 11.8. The molecule has 4 atom stereocenters. The van der Waals surface area contributed by atoms with Crippen molar-refractivity contribution in [1.29, 1.82) is 5.26 Å². The second-order valence-corrected chi connectivity index (χ2v) is 6.75. The van der Waals surface area contributed by atoms with Crippen molar-refractivity contribution in [3.63, 3.8) is 0 Å². The molecule has 0 radical (unpaired) electrons. The van der Waals surface area contributed by atoms with E-state index < -0.39 is 11.5 Å². The van der Waals surface area contributed by atoms with Crippen molar-refractivity contribution < 1.29 is 9.90 Å². The standard InChI is InChI=1S/C15H23N3O2/c16-8-11-6-10-7-12(10)18(11)14(20)13(17)15(9-19)4-2-1-3-5-15/h10-13,19H,1-7,9,17H2/t10-,11+,12+,13?/m1/s1. The summed E-state index contributed by atoms with van der Waals surface area (Å²) in [5, 5.41) is 19.0. The number of carbonyl (C=O) groups excluding carboxylic acids is 1. The van der Waals surface area contributed by atoms with Crippen molar-refractivity contribution in [2.24, 2.45) is 17.1 Å². The van der Waals surface area contributed by atoms with Crippen LogP contribution in [-0.4, -0.2) is 40.6 Å². The number of aliphatic hydroxyl groups is 1. The molecule has 1 aliphatic heterocycles. The molecule has 0 aromatic carbocycles. The Labute approximate surface area is 119 Å². The van der Waals surface area contributed by atoms with Gasteiger partial charge in [-0.15, -0.1) is 0 Å². The summed E-state index contributed by atoms with van der Waals surface area (Å²) in [5.74, 6) is 0.393. The number of carbonyl (C=O) groups is 1. The summed E-state index contributed by atoms with van der Waals surface area (Å²) in [6, 6.07) is 1.49. The fourth-order valence-electron chi connectivity index (χ4n) is 4.13. The number of amides is 1. The fourth-order valence-corrected chi connectivity index (χ4v) is 4.13. The summed E-state index contributed by atoms with van der Waals surface area (Å²) in [4.78, 5) is 14.5. The lowest BCUT2D eigenvalue weighted by atomic mass is 9.69. The lowest BCUT2D eigenvalue weighted by molar-refractivity contribution is -0.138. The second-order valence-electron chi connectivity index (χ2n) is 6.75. The van der Waals surface area contributed by atoms with E-state index in [1.807, 2.05) is 0 Å². The first-order valence-corrected chi connectivity index (χ1v) is 7.71. The molecule has 3 fully saturated rings. The van der Waals surface area contributed by atoms with Crippen molar-refractivity contribution in [1.82, 2.24) is 4.90 Å². The Hall–Kier alpha value is -1.12. The molecule has 0 spiro atoms. The normalized spacial score (nSPS) is 36.0. The molecule has 0 aromatic heterocycles. The topological polar surface area (TPSA) is 90.4 Å². The van der Waals surface area contributed by atoms with Crippen LogP contribution in [-0.2, 0) is 4.79 Å². The van der Waals surface area contributed by atoms with Gasteiger partial charge in [0.1, 0.15) is 6.04 Å². The maximum atomic E-state index is 12.8. The van der Waals surface area contributed by atoms with E-state index in [0.29, 0.717) is 5.92 Å². The number of piperidine rings is 1. The first-order chi connectivity index (χ1) is 9.63. The molecule has 20 heavy (non-hydrogen) atoms. The molecule has 5 nitrogen and oxygen atoms in total. The summed E-state index contributed by atoms with van der Waals surface area (Å²) in [6.07, 6.45) is 6.64. The van der Waals surface area contributed by atoms with Crippen LogP contribution in [0, 0.1) is 22.7 Å². The Bertz CT molecular complexity index is 439. The van der Waals surface area contributed by atoms with Crippen LogP contribution >= 0.6 is 0 Å². The van der Waals surface area contributed by atoms with Gasteiger partial charge in [0.15, 0.2) is 0 Å². The van der Waals surface area contributed by atoms with Crippen LogP contribution in [0.2, 0.25) is 0 Å². The zero-order chi connectivity index (χ0) is 14.3. The van der Waals surface area contributed by atoms with Crippen LogP contribution < -0.4 is 5.73 Å². The van der Waals surface area contributed by atoms with Gasteiger partial charge in [0.2, 0.25) is 5.91 Å². The molecular formula is C15H23N3O2. The third kappa shape index (κ3) is 2.02. The smallest absolute Gasteiger partial charge is 0.241 e. The molecule has 0 bridgehead atoms. The number of fused-ring (bicyclic) bond motifs is 1. The summed E-state index contributed by atoms with van der Waals surface area (Å²) >= 11 is 0. The van der Waals surface area contributed by atoms with Gasteiger partial charge in [-0.1, -0.05) is 19.3 Å². The van der Waals surface area contributed by atoms with E-state index in [0.717, 1.165) is 44.9 Å². The van der Waals surface area contributed by atoms with Crippen LogP contribution in [0.4, 0.5) is 0 Å². The van der Waals surface area contributed by atoms with E-state index in [2.05, 4.69) is 6.07 Å². The average Bonchev–Trinajstić information content (AvgIpc) is 3.17. The minimum absolute atomic E-state index is 0.0287. The van der Waals surface area contributed by atoms with E-state index in [4.69, 9.17) is 5.73 Å². The van der Waals surface area contributed by atoms with Gasteiger partial charge in [0.25, 0.3) is 0 Å². The summed E-state index contributed by atoms with van der Waals surface area (Å²) < 4.78 is 0. The fraction of sp³-hybridized carbons (Fsp3) is 0.867. The predicted octanol–water partition coefficient (Wildman–Crippen LogP) is 0.769. The number of nitrogens with zero attached hydrogens (tertiary/aromatic N) is 2. The SMILES string of the molecule is N#C[C@@H]1C[C@@H]2C[C@@H]2N1C(=O)C(N)C1(CO)CCCCC1. The van der Waals surface area contributed by atoms with Gasteiger partial charge in [-0.05, 0) is 31.6 Å². The molecule has 3 aliphatic rings. The minimum atomic E-state index is -0.664. The number of likely N-dealkylation sites (tertiary alicyclic amines) is 1. The summed E-state index contributed by atoms with van der Waals surface area (Å²) in [5.41, 5.74) is 5.78. The molecule has 1 amide bonds. The third-order valence-corrected chi connectivity index (χ3v) is 5.60. The Morgan fingerprint density at radius 3 is 2.70 bits per heavy atom. The number of nitrogens with two attached hydrogens (primary N) is 1. The van der Waals surface area contributed by atoms with Crippen molar-refractivity contribution in [3.05, 3.63) is 0 Å². The van der Waals surface area contributed by atoms with Gasteiger partial charge in [0.05, 0.1) is 18.7 Å². The molecular weight excluding hydrogens is 254 g/mol. The predicted molar refractivity (Wildman–Crippen MR) is 73.3 cm³/mol. The molecule has 1 saturated heterocycles. The highest BCUT2D eigenvalue weighted by Crippen LogP contribution is 2.49. The van der Waals surface area contributed by atoms with Crippen LogP contribution in [0.15, 0.2) is 0 Å². The quantitative estimate of drug-likeness (QED) is 0.797. The largest absolute Gasteiger partial charge is 0.396 e. The maximum absolute atomic E-state index is 12.8. The molecule has 3 N–H and O–H groups in total. The Balaban J connectivity index is 1.77. The van der Waals surface area contributed by atoms with Gasteiger partial charge in [-0.2, -0.15) is 5.26 Å². The van der Waals surface area contributed by atoms with E-state index >= 15 is 0 Å². The number of nitriles is 1. The molecule has 1 unspecified atom stereocenters. The highest BCUT2D eigenvalue weighted by atomic mass is 16.3. The number of aliphatic hydroxyl groups excluding tert-OH is 1. The van der Waals surface area contributed by atoms with Crippen molar-refractivity contribution in [2.75, 3.05) is 6.61 Å². The number of hydrogen-bond donors (Lipinski definition) is 2. The molecule has 2 saturated carbocycles. The lowest BCUT2D eigenvalue weighted by Gasteiger charge is -2.41. The molecule has 5 heteroatoms.